The maximum absolute atomic E-state index is 12.8. The molecular weight excluding hydrogens is 516 g/mol. The predicted molar refractivity (Wildman–Crippen MR) is 120 cm³/mol. The average Bonchev–Trinajstić information content (AvgIpc) is 2.70. The molecule has 0 aliphatic heterocycles. The second kappa shape index (κ2) is 13.2. The van der Waals surface area contributed by atoms with E-state index in [2.05, 4.69) is 21.2 Å². The highest BCUT2D eigenvalue weighted by molar-refractivity contribution is 9.09. The number of nitrogens with zero attached hydrogens (tertiary/aromatic N) is 3. The van der Waals surface area contributed by atoms with Crippen LogP contribution in [0.4, 0.5) is 17.1 Å². The molecule has 0 aromatic heterocycles. The highest BCUT2D eigenvalue weighted by Gasteiger charge is 2.31. The summed E-state index contributed by atoms with van der Waals surface area (Å²) in [5.41, 5.74) is -1.75. The number of amides is 1. The van der Waals surface area contributed by atoms with Crippen molar-refractivity contribution in [3.63, 3.8) is 0 Å². The monoisotopic (exact) mass is 540 g/mol. The standard InChI is InChI=1S/C17H25BrN4O9S/c1-32(29,30)31-10-8-20(7-5-18)16-14(17(24)19-6-3-2-4-9-23)11-13(21(25)26)12-15(16)22(27)28/h11-12,23H,2-10H2,1H3,(H,19,24). The zero-order valence-electron chi connectivity index (χ0n) is 17.4. The lowest BCUT2D eigenvalue weighted by Crippen LogP contribution is -2.34. The third-order valence-corrected chi connectivity index (χ3v) is 5.13. The maximum atomic E-state index is 12.8. The third kappa shape index (κ3) is 9.02. The predicted octanol–water partition coefficient (Wildman–Crippen LogP) is 1.57. The first kappa shape index (κ1) is 27.7. The van der Waals surface area contributed by atoms with Crippen molar-refractivity contribution in [2.45, 2.75) is 19.3 Å². The SMILES string of the molecule is CS(=O)(=O)OCCN(CCBr)c1c(C(=O)NCCCCCO)cc([N+](=O)[O-])cc1[N+](=O)[O-]. The highest BCUT2D eigenvalue weighted by atomic mass is 79.9. The molecule has 1 aromatic rings. The van der Waals surface area contributed by atoms with E-state index in [-0.39, 0.29) is 44.1 Å². The summed E-state index contributed by atoms with van der Waals surface area (Å²) in [7, 11) is -3.77. The lowest BCUT2D eigenvalue weighted by atomic mass is 10.1. The van der Waals surface area contributed by atoms with Crippen LogP contribution in [0.3, 0.4) is 0 Å². The van der Waals surface area contributed by atoms with E-state index in [0.717, 1.165) is 18.4 Å². The molecular formula is C17H25BrN4O9S. The number of hydrogen-bond donors (Lipinski definition) is 2. The number of alkyl halides is 1. The normalized spacial score (nSPS) is 11.2. The van der Waals surface area contributed by atoms with Crippen molar-refractivity contribution < 1.29 is 32.3 Å². The molecule has 0 radical (unpaired) electrons. The molecule has 0 saturated heterocycles. The van der Waals surface area contributed by atoms with Gasteiger partial charge in [-0.25, -0.2) is 0 Å². The molecule has 13 nitrogen and oxygen atoms in total. The molecule has 0 saturated carbocycles. The number of unbranched alkanes of at least 4 members (excludes halogenated alkanes) is 2. The van der Waals surface area contributed by atoms with Crippen molar-refractivity contribution in [1.82, 2.24) is 5.32 Å². The van der Waals surface area contributed by atoms with Crippen molar-refractivity contribution in [3.05, 3.63) is 37.9 Å². The summed E-state index contributed by atoms with van der Waals surface area (Å²) in [5.74, 6) is -0.751. The topological polar surface area (TPSA) is 182 Å². The Labute approximate surface area is 193 Å². The van der Waals surface area contributed by atoms with Crippen LogP contribution >= 0.6 is 15.9 Å². The third-order valence-electron chi connectivity index (χ3n) is 4.18. The summed E-state index contributed by atoms with van der Waals surface area (Å²) in [6, 6.07) is 1.70. The minimum Gasteiger partial charge on any atom is -0.396 e. The van der Waals surface area contributed by atoms with Crippen molar-refractivity contribution in [3.8, 4) is 0 Å². The summed E-state index contributed by atoms with van der Waals surface area (Å²) >= 11 is 3.21. The molecule has 0 bridgehead atoms. The van der Waals surface area contributed by atoms with Gasteiger partial charge in [0.05, 0.1) is 34.3 Å². The summed E-state index contributed by atoms with van der Waals surface area (Å²) in [6.45, 7) is -0.143. The van der Waals surface area contributed by atoms with E-state index < -0.39 is 37.2 Å². The smallest absolute Gasteiger partial charge is 0.300 e. The molecule has 0 unspecified atom stereocenters. The highest BCUT2D eigenvalue weighted by Crippen LogP contribution is 2.36. The van der Waals surface area contributed by atoms with E-state index in [1.807, 2.05) is 0 Å². The molecule has 32 heavy (non-hydrogen) atoms. The van der Waals surface area contributed by atoms with Gasteiger partial charge < -0.3 is 15.3 Å². The number of nitro groups is 2. The molecule has 0 atom stereocenters. The molecule has 1 amide bonds. The van der Waals surface area contributed by atoms with E-state index >= 15 is 0 Å². The van der Waals surface area contributed by atoms with Crippen molar-refractivity contribution in [1.29, 1.82) is 0 Å². The van der Waals surface area contributed by atoms with Crippen LogP contribution in [0, 0.1) is 20.2 Å². The number of non-ortho nitro benzene ring substituents is 1. The summed E-state index contributed by atoms with van der Waals surface area (Å²) in [6.07, 6.45) is 2.57. The molecule has 2 N–H and O–H groups in total. The van der Waals surface area contributed by atoms with Gasteiger partial charge in [-0.05, 0) is 19.3 Å². The fourth-order valence-electron chi connectivity index (χ4n) is 2.80. The van der Waals surface area contributed by atoms with Gasteiger partial charge in [0, 0.05) is 37.6 Å². The Bertz CT molecular complexity index is 927. The van der Waals surface area contributed by atoms with Gasteiger partial charge in [0.1, 0.15) is 5.69 Å². The van der Waals surface area contributed by atoms with Crippen LogP contribution in [0.5, 0.6) is 0 Å². The quantitative estimate of drug-likeness (QED) is 0.109. The molecule has 1 aromatic carbocycles. The van der Waals surface area contributed by atoms with Gasteiger partial charge >= 0.3 is 0 Å². The van der Waals surface area contributed by atoms with Gasteiger partial charge in [0.15, 0.2) is 0 Å². The minimum absolute atomic E-state index is 0.00618. The number of hydrogen-bond acceptors (Lipinski definition) is 10. The lowest BCUT2D eigenvalue weighted by molar-refractivity contribution is -0.393. The summed E-state index contributed by atoms with van der Waals surface area (Å²) in [5, 5.41) is 34.7. The number of anilines is 1. The lowest BCUT2D eigenvalue weighted by Gasteiger charge is -2.25. The maximum Gasteiger partial charge on any atom is 0.300 e. The van der Waals surface area contributed by atoms with E-state index in [4.69, 9.17) is 9.29 Å². The van der Waals surface area contributed by atoms with Crippen LogP contribution in [0.25, 0.3) is 0 Å². The number of aliphatic hydroxyl groups excluding tert-OH is 1. The Morgan fingerprint density at radius 2 is 1.88 bits per heavy atom. The molecule has 0 aliphatic carbocycles. The molecule has 0 fully saturated rings. The Kier molecular flexibility index (Phi) is 11.5. The first-order valence-corrected chi connectivity index (χ1v) is 12.5. The fourth-order valence-corrected chi connectivity index (χ4v) is 3.61. The Morgan fingerprint density at radius 3 is 2.41 bits per heavy atom. The zero-order valence-corrected chi connectivity index (χ0v) is 19.8. The van der Waals surface area contributed by atoms with Gasteiger partial charge in [0.2, 0.25) is 0 Å². The van der Waals surface area contributed by atoms with Crippen molar-refractivity contribution >= 4 is 49.0 Å². The first-order chi connectivity index (χ1) is 15.0. The van der Waals surface area contributed by atoms with E-state index in [9.17, 15) is 33.4 Å². The van der Waals surface area contributed by atoms with Gasteiger partial charge in [-0.15, -0.1) is 0 Å². The van der Waals surface area contributed by atoms with E-state index in [1.165, 1.54) is 4.90 Å². The van der Waals surface area contributed by atoms with Crippen LogP contribution in [-0.2, 0) is 14.3 Å². The summed E-state index contributed by atoms with van der Waals surface area (Å²) < 4.78 is 27.2. The first-order valence-electron chi connectivity index (χ1n) is 9.53. The number of nitrogens with one attached hydrogen (secondary N) is 1. The number of halogens is 1. The Morgan fingerprint density at radius 1 is 1.19 bits per heavy atom. The van der Waals surface area contributed by atoms with Crippen LogP contribution in [0.15, 0.2) is 12.1 Å². The van der Waals surface area contributed by atoms with Crippen LogP contribution in [-0.4, -0.2) is 73.7 Å². The number of rotatable bonds is 15. The number of nitro benzene ring substituents is 2. The fraction of sp³-hybridized carbons (Fsp3) is 0.588. The van der Waals surface area contributed by atoms with Gasteiger partial charge in [0.25, 0.3) is 27.4 Å². The Hall–Kier alpha value is -2.36. The van der Waals surface area contributed by atoms with Crippen LogP contribution in [0.1, 0.15) is 29.6 Å². The van der Waals surface area contributed by atoms with Gasteiger partial charge in [-0.1, -0.05) is 15.9 Å². The summed E-state index contributed by atoms with van der Waals surface area (Å²) in [4.78, 5) is 35.5. The van der Waals surface area contributed by atoms with Gasteiger partial charge in [-0.2, -0.15) is 8.42 Å². The largest absolute Gasteiger partial charge is 0.396 e. The van der Waals surface area contributed by atoms with E-state index in [0.29, 0.717) is 24.6 Å². The average molecular weight is 541 g/mol. The molecule has 1 rings (SSSR count). The minimum atomic E-state index is -3.77. The van der Waals surface area contributed by atoms with Gasteiger partial charge in [-0.3, -0.25) is 29.2 Å². The molecule has 0 aliphatic rings. The number of benzene rings is 1. The second-order valence-electron chi connectivity index (χ2n) is 6.62. The molecule has 0 heterocycles. The zero-order chi connectivity index (χ0) is 24.3. The molecule has 15 heteroatoms. The number of carbonyl (C=O) groups excluding carboxylic acids is 1. The van der Waals surface area contributed by atoms with E-state index in [1.54, 1.807) is 0 Å². The van der Waals surface area contributed by atoms with Crippen molar-refractivity contribution in [2.75, 3.05) is 49.3 Å². The second-order valence-corrected chi connectivity index (χ2v) is 9.05. The molecule has 180 valence electrons. The number of aliphatic hydroxyl groups is 1. The van der Waals surface area contributed by atoms with Crippen LogP contribution < -0.4 is 10.2 Å². The Balaban J connectivity index is 3.40. The van der Waals surface area contributed by atoms with Crippen molar-refractivity contribution in [2.24, 2.45) is 0 Å². The molecule has 0 spiro atoms. The number of carbonyl (C=O) groups is 1. The van der Waals surface area contributed by atoms with Crippen LogP contribution in [0.2, 0.25) is 0 Å².